The van der Waals surface area contributed by atoms with Gasteiger partial charge in [0.15, 0.2) is 0 Å². The van der Waals surface area contributed by atoms with Crippen LogP contribution in [-0.2, 0) is 8.85 Å². The van der Waals surface area contributed by atoms with Crippen molar-refractivity contribution in [1.29, 1.82) is 0 Å². The van der Waals surface area contributed by atoms with E-state index in [0.717, 1.165) is 0 Å². The smallest absolute Gasteiger partial charge is 0.374 e. The molecular formula is C14H30N2O2Si. The molecule has 0 bridgehead atoms. The van der Waals surface area contributed by atoms with E-state index >= 15 is 0 Å². The highest BCUT2D eigenvalue weighted by Gasteiger charge is 2.44. The molecule has 2 aliphatic carbocycles. The highest BCUT2D eigenvalue weighted by atomic mass is 28.4. The maximum atomic E-state index is 6.21. The van der Waals surface area contributed by atoms with Crippen molar-refractivity contribution in [1.82, 2.24) is 9.96 Å². The van der Waals surface area contributed by atoms with Gasteiger partial charge in [0.1, 0.15) is 0 Å². The van der Waals surface area contributed by atoms with Crippen molar-refractivity contribution in [2.75, 3.05) is 7.11 Å². The third kappa shape index (κ3) is 4.53. The Bertz CT molecular complexity index is 246. The van der Waals surface area contributed by atoms with E-state index in [1.807, 2.05) is 0 Å². The molecule has 2 saturated carbocycles. The fraction of sp³-hybridized carbons (Fsp3) is 1.00. The van der Waals surface area contributed by atoms with E-state index in [-0.39, 0.29) is 6.10 Å². The molecule has 19 heavy (non-hydrogen) atoms. The maximum absolute atomic E-state index is 6.21. The second-order valence-electron chi connectivity index (χ2n) is 6.24. The average Bonchev–Trinajstić information content (AvgIpc) is 3.01. The summed E-state index contributed by atoms with van der Waals surface area (Å²) in [6.07, 6.45) is 10.5. The predicted molar refractivity (Wildman–Crippen MR) is 79.8 cm³/mol. The van der Waals surface area contributed by atoms with Crippen LogP contribution >= 0.6 is 0 Å². The molecule has 0 aromatic rings. The molecule has 2 N–H and O–H groups in total. The Morgan fingerprint density at radius 3 is 1.63 bits per heavy atom. The molecular weight excluding hydrogens is 256 g/mol. The summed E-state index contributed by atoms with van der Waals surface area (Å²) in [5, 5.41) is 0. The van der Waals surface area contributed by atoms with Crippen molar-refractivity contribution >= 4 is 8.88 Å². The van der Waals surface area contributed by atoms with Gasteiger partial charge in [-0.05, 0) is 39.5 Å². The van der Waals surface area contributed by atoms with Gasteiger partial charge in [0.25, 0.3) is 0 Å². The van der Waals surface area contributed by atoms with Crippen LogP contribution in [0.5, 0.6) is 0 Å². The number of rotatable bonds is 7. The third-order valence-corrected chi connectivity index (χ3v) is 7.14. The summed E-state index contributed by atoms with van der Waals surface area (Å²) in [6.45, 7) is 4.18. The molecule has 2 fully saturated rings. The fourth-order valence-electron chi connectivity index (χ4n) is 3.29. The maximum Gasteiger partial charge on any atom is 0.517 e. The molecule has 0 aromatic carbocycles. The van der Waals surface area contributed by atoms with Crippen LogP contribution in [0.15, 0.2) is 0 Å². The van der Waals surface area contributed by atoms with Gasteiger partial charge in [0, 0.05) is 25.3 Å². The second kappa shape index (κ2) is 7.18. The minimum Gasteiger partial charge on any atom is -0.374 e. The van der Waals surface area contributed by atoms with E-state index in [1.165, 1.54) is 51.4 Å². The van der Waals surface area contributed by atoms with Crippen LogP contribution in [0.1, 0.15) is 65.2 Å². The molecule has 2 aliphatic rings. The van der Waals surface area contributed by atoms with E-state index in [4.69, 9.17) is 8.85 Å². The van der Waals surface area contributed by atoms with Gasteiger partial charge in [0.2, 0.25) is 0 Å². The Kier molecular flexibility index (Phi) is 5.83. The van der Waals surface area contributed by atoms with Gasteiger partial charge in [-0.1, -0.05) is 25.7 Å². The first kappa shape index (κ1) is 15.4. The lowest BCUT2D eigenvalue weighted by Gasteiger charge is -2.35. The zero-order valence-electron chi connectivity index (χ0n) is 12.7. The Morgan fingerprint density at radius 2 is 1.32 bits per heavy atom. The van der Waals surface area contributed by atoms with Crippen molar-refractivity contribution in [3.8, 4) is 0 Å². The van der Waals surface area contributed by atoms with Gasteiger partial charge in [-0.2, -0.15) is 0 Å². The SMILES string of the molecule is CO[Si](NC1CCCC1)(NC1CCCC1)OC(C)C. The zero-order chi connectivity index (χ0) is 13.7. The molecule has 112 valence electrons. The first-order chi connectivity index (χ1) is 9.13. The summed E-state index contributed by atoms with van der Waals surface area (Å²) in [5.74, 6) is 0. The molecule has 0 amide bonds. The van der Waals surface area contributed by atoms with Gasteiger partial charge >= 0.3 is 8.88 Å². The molecule has 0 aliphatic heterocycles. The van der Waals surface area contributed by atoms with E-state index in [0.29, 0.717) is 12.1 Å². The number of hydrogen-bond donors (Lipinski definition) is 2. The minimum absolute atomic E-state index is 0.189. The molecule has 5 heteroatoms. The van der Waals surface area contributed by atoms with Gasteiger partial charge in [0.05, 0.1) is 0 Å². The summed E-state index contributed by atoms with van der Waals surface area (Å²) < 4.78 is 12.1. The quantitative estimate of drug-likeness (QED) is 0.706. The summed E-state index contributed by atoms with van der Waals surface area (Å²) >= 11 is 0. The molecule has 0 atom stereocenters. The Labute approximate surface area is 119 Å². The summed E-state index contributed by atoms with van der Waals surface area (Å²) in [6, 6.07) is 1.14. The Hall–Kier alpha value is 0.0569. The Balaban J connectivity index is 1.99. The van der Waals surface area contributed by atoms with E-state index in [9.17, 15) is 0 Å². The van der Waals surface area contributed by atoms with Crippen molar-refractivity contribution in [2.45, 2.75) is 83.4 Å². The second-order valence-corrected chi connectivity index (χ2v) is 8.69. The fourth-order valence-corrected chi connectivity index (χ4v) is 6.15. The van der Waals surface area contributed by atoms with Gasteiger partial charge in [-0.15, -0.1) is 0 Å². The van der Waals surface area contributed by atoms with Crippen molar-refractivity contribution in [3.05, 3.63) is 0 Å². The van der Waals surface area contributed by atoms with Crippen LogP contribution < -0.4 is 9.96 Å². The molecule has 2 rings (SSSR count). The summed E-state index contributed by atoms with van der Waals surface area (Å²) in [5.41, 5.74) is 0. The van der Waals surface area contributed by atoms with E-state index in [2.05, 4.69) is 23.8 Å². The topological polar surface area (TPSA) is 42.5 Å². The zero-order valence-corrected chi connectivity index (χ0v) is 13.7. The molecule has 4 nitrogen and oxygen atoms in total. The van der Waals surface area contributed by atoms with Crippen LogP contribution in [0.25, 0.3) is 0 Å². The van der Waals surface area contributed by atoms with Crippen molar-refractivity contribution in [3.63, 3.8) is 0 Å². The molecule has 0 radical (unpaired) electrons. The van der Waals surface area contributed by atoms with Crippen LogP contribution in [0, 0.1) is 0 Å². The number of hydrogen-bond acceptors (Lipinski definition) is 4. The molecule has 0 saturated heterocycles. The van der Waals surface area contributed by atoms with Crippen LogP contribution in [-0.4, -0.2) is 34.2 Å². The molecule has 0 spiro atoms. The summed E-state index contributed by atoms with van der Waals surface area (Å²) in [4.78, 5) is 7.44. The molecule has 0 unspecified atom stereocenters. The lowest BCUT2D eigenvalue weighted by atomic mass is 10.3. The first-order valence-electron chi connectivity index (χ1n) is 7.92. The minimum atomic E-state index is -2.46. The van der Waals surface area contributed by atoms with Gasteiger partial charge in [-0.25, -0.2) is 0 Å². The average molecular weight is 286 g/mol. The highest BCUT2D eigenvalue weighted by Crippen LogP contribution is 2.23. The lowest BCUT2D eigenvalue weighted by molar-refractivity contribution is 0.125. The predicted octanol–water partition coefficient (Wildman–Crippen LogP) is 2.56. The standard InChI is InChI=1S/C14H30N2O2Si/c1-12(2)18-19(17-3,15-13-8-4-5-9-13)16-14-10-6-7-11-14/h12-16H,4-11H2,1-3H3. The van der Waals surface area contributed by atoms with Crippen LogP contribution in [0.2, 0.25) is 0 Å². The Morgan fingerprint density at radius 1 is 0.895 bits per heavy atom. The number of nitrogens with one attached hydrogen (secondary N) is 2. The summed E-state index contributed by atoms with van der Waals surface area (Å²) in [7, 11) is -0.672. The normalized spacial score (nSPS) is 22.7. The van der Waals surface area contributed by atoms with Gasteiger partial charge in [-0.3, -0.25) is 9.96 Å². The third-order valence-electron chi connectivity index (χ3n) is 4.19. The monoisotopic (exact) mass is 286 g/mol. The first-order valence-corrected chi connectivity index (χ1v) is 9.73. The van der Waals surface area contributed by atoms with E-state index in [1.54, 1.807) is 7.11 Å². The van der Waals surface area contributed by atoms with Crippen LogP contribution in [0.4, 0.5) is 0 Å². The molecule has 0 heterocycles. The van der Waals surface area contributed by atoms with Crippen molar-refractivity contribution < 1.29 is 8.85 Å². The van der Waals surface area contributed by atoms with E-state index < -0.39 is 8.88 Å². The lowest BCUT2D eigenvalue weighted by Crippen LogP contribution is -2.71. The van der Waals surface area contributed by atoms with Crippen molar-refractivity contribution in [2.24, 2.45) is 0 Å². The highest BCUT2D eigenvalue weighted by molar-refractivity contribution is 6.62. The van der Waals surface area contributed by atoms with Gasteiger partial charge < -0.3 is 8.85 Å². The largest absolute Gasteiger partial charge is 0.517 e. The molecule has 0 aromatic heterocycles. The van der Waals surface area contributed by atoms with Crippen LogP contribution in [0.3, 0.4) is 0 Å².